The Labute approximate surface area is 268 Å². The molecule has 0 atom stereocenters. The fourth-order valence-electron chi connectivity index (χ4n) is 4.27. The zero-order valence-electron chi connectivity index (χ0n) is 43.2. The van der Waals surface area contributed by atoms with Crippen LogP contribution < -0.4 is 0 Å². The van der Waals surface area contributed by atoms with Gasteiger partial charge in [-0.2, -0.15) is 0 Å². The molecule has 2 heterocycles. The molecule has 8 aromatic rings. The zero-order chi connectivity index (χ0) is 47.2. The van der Waals surface area contributed by atoms with Crippen molar-refractivity contribution in [3.8, 4) is 45.3 Å². The number of nitrogens with zero attached hydrogens (tertiary/aromatic N) is 3. The summed E-state index contributed by atoms with van der Waals surface area (Å²) in [5.41, 5.74) is -4.42. The Morgan fingerprint density at radius 3 is 1.68 bits per heavy atom. The van der Waals surface area contributed by atoms with Gasteiger partial charge in [-0.15, -0.1) is 0 Å². The van der Waals surface area contributed by atoms with E-state index < -0.39 is 217 Å². The van der Waals surface area contributed by atoms with E-state index in [1.165, 1.54) is 0 Å². The molecular formula is C37H23N3O. The molecule has 0 saturated heterocycles. The van der Waals surface area contributed by atoms with Gasteiger partial charge in [-0.1, -0.05) is 127 Å². The predicted octanol–water partition coefficient (Wildman–Crippen LogP) is 9.59. The van der Waals surface area contributed by atoms with E-state index in [1.807, 2.05) is 0 Å². The summed E-state index contributed by atoms with van der Waals surface area (Å²) in [5.74, 6) is -2.38. The normalized spacial score (nSPS) is 19.3. The standard InChI is InChI=1S/C37H23N3O/c1-3-12-24(13-4-1)26-17-9-19-28-27(26)18-10-20-29(28)36-38-35(25-14-5-2-6-15-25)39-37(40-36)31-21-11-23-33-34(31)30-16-7-8-22-32(30)41-33/h1-23H/i1D,2D,3D,4D,5D,6D,7D,8D,9D,10D,11D,12D,13D,14D,15D,16D,17D,18D,19D,20D,21D,22D,23D. The number of para-hydroxylation sites is 1. The first kappa shape index (κ1) is 9.79. The van der Waals surface area contributed by atoms with Crippen LogP contribution in [0.5, 0.6) is 0 Å². The Balaban J connectivity index is 1.64. The van der Waals surface area contributed by atoms with Crippen LogP contribution in [0.3, 0.4) is 0 Å². The SMILES string of the molecule is [2H]c1c([2H])c([2H])c(-c2nc(-c3c([2H])c([2H])c([2H])c4c(-c5c([2H])c([2H])c([2H])c([2H])c5[2H])c([2H])c([2H])c([2H])c34)nc(-c3c([2H])c([2H])c([2H])c4oc5c([2H])c([2H])c([2H])c([2H])c5c34)n2)c([2H])c1[2H]. The van der Waals surface area contributed by atoms with Crippen LogP contribution in [-0.2, 0) is 0 Å². The van der Waals surface area contributed by atoms with Gasteiger partial charge in [0.25, 0.3) is 0 Å². The van der Waals surface area contributed by atoms with Crippen LogP contribution in [0, 0.1) is 0 Å². The average Bonchev–Trinajstić information content (AvgIpc) is 3.67. The lowest BCUT2D eigenvalue weighted by Gasteiger charge is -2.12. The van der Waals surface area contributed by atoms with Gasteiger partial charge in [0.2, 0.25) is 0 Å². The second-order valence-electron chi connectivity index (χ2n) is 8.32. The van der Waals surface area contributed by atoms with Crippen LogP contribution in [-0.4, -0.2) is 15.0 Å². The summed E-state index contributed by atoms with van der Waals surface area (Å²) in [4.78, 5) is 13.1. The number of fused-ring (bicyclic) bond motifs is 4. The van der Waals surface area contributed by atoms with Crippen molar-refractivity contribution in [3.63, 3.8) is 0 Å². The third-order valence-corrected chi connectivity index (χ3v) is 6.00. The largest absolute Gasteiger partial charge is 0.456 e. The quantitative estimate of drug-likeness (QED) is 0.220. The third kappa shape index (κ3) is 3.97. The summed E-state index contributed by atoms with van der Waals surface area (Å²) in [5, 5.41) is -2.10. The van der Waals surface area contributed by atoms with Crippen molar-refractivity contribution >= 4 is 32.7 Å². The Morgan fingerprint density at radius 2 is 0.902 bits per heavy atom. The zero-order valence-corrected chi connectivity index (χ0v) is 20.2. The van der Waals surface area contributed by atoms with Gasteiger partial charge in [-0.05, 0) is 34.0 Å². The molecule has 0 N–H and O–H groups in total. The highest BCUT2D eigenvalue weighted by molar-refractivity contribution is 6.12. The molecule has 8 rings (SSSR count). The molecule has 192 valence electrons. The Bertz CT molecular complexity index is 3440. The van der Waals surface area contributed by atoms with Crippen LogP contribution >= 0.6 is 0 Å². The van der Waals surface area contributed by atoms with E-state index in [4.69, 9.17) is 35.9 Å². The molecule has 0 spiro atoms. The second kappa shape index (κ2) is 9.54. The molecule has 2 aromatic heterocycles. The average molecular weight is 549 g/mol. The van der Waals surface area contributed by atoms with Crippen molar-refractivity contribution in [2.45, 2.75) is 0 Å². The molecule has 41 heavy (non-hydrogen) atoms. The lowest BCUT2D eigenvalue weighted by atomic mass is 9.95. The fourth-order valence-corrected chi connectivity index (χ4v) is 4.27. The number of aromatic nitrogens is 3. The van der Waals surface area contributed by atoms with Crippen molar-refractivity contribution in [1.29, 1.82) is 0 Å². The van der Waals surface area contributed by atoms with Gasteiger partial charge in [-0.3, -0.25) is 0 Å². The number of hydrogen-bond acceptors (Lipinski definition) is 4. The van der Waals surface area contributed by atoms with Crippen molar-refractivity contribution in [2.75, 3.05) is 0 Å². The summed E-state index contributed by atoms with van der Waals surface area (Å²) < 4.78 is 205. The number of hydrogen-bond donors (Lipinski definition) is 0. The van der Waals surface area contributed by atoms with Crippen molar-refractivity contribution < 1.29 is 35.9 Å². The molecule has 0 aliphatic heterocycles. The number of rotatable bonds is 4. The highest BCUT2D eigenvalue weighted by Gasteiger charge is 2.18. The molecule has 0 fully saturated rings. The van der Waals surface area contributed by atoms with Gasteiger partial charge in [-0.25, -0.2) is 15.0 Å². The first-order valence-corrected chi connectivity index (χ1v) is 11.7. The summed E-state index contributed by atoms with van der Waals surface area (Å²) in [6.07, 6.45) is 0. The van der Waals surface area contributed by atoms with E-state index in [0.29, 0.717) is 0 Å². The second-order valence-corrected chi connectivity index (χ2v) is 8.32. The smallest absolute Gasteiger partial charge is 0.164 e. The van der Waals surface area contributed by atoms with E-state index in [-0.39, 0.29) is 0 Å². The Hall–Kier alpha value is -5.61. The molecule has 0 unspecified atom stereocenters. The van der Waals surface area contributed by atoms with E-state index >= 15 is 0 Å². The molecule has 0 saturated carbocycles. The van der Waals surface area contributed by atoms with Gasteiger partial charge < -0.3 is 4.42 Å². The van der Waals surface area contributed by atoms with Gasteiger partial charge >= 0.3 is 0 Å². The highest BCUT2D eigenvalue weighted by atomic mass is 16.3. The van der Waals surface area contributed by atoms with Gasteiger partial charge in [0.1, 0.15) is 11.2 Å². The maximum absolute atomic E-state index is 9.17. The van der Waals surface area contributed by atoms with E-state index in [0.717, 1.165) is 0 Å². The molecule has 6 aromatic carbocycles. The van der Waals surface area contributed by atoms with Crippen molar-refractivity contribution in [2.24, 2.45) is 0 Å². The molecule has 0 aliphatic rings. The summed E-state index contributed by atoms with van der Waals surface area (Å²) in [6, 6.07) is -19.6. The minimum Gasteiger partial charge on any atom is -0.456 e. The van der Waals surface area contributed by atoms with Crippen LogP contribution in [0.4, 0.5) is 0 Å². The van der Waals surface area contributed by atoms with E-state index in [2.05, 4.69) is 15.0 Å². The number of furan rings is 1. The summed E-state index contributed by atoms with van der Waals surface area (Å²) in [7, 11) is 0. The molecule has 4 nitrogen and oxygen atoms in total. The van der Waals surface area contributed by atoms with Gasteiger partial charge in [0.05, 0.1) is 31.5 Å². The summed E-state index contributed by atoms with van der Waals surface area (Å²) >= 11 is 0. The fraction of sp³-hybridized carbons (Fsp3) is 0. The maximum Gasteiger partial charge on any atom is 0.164 e. The molecule has 0 amide bonds. The van der Waals surface area contributed by atoms with E-state index in [9.17, 15) is 0 Å². The molecule has 0 radical (unpaired) electrons. The van der Waals surface area contributed by atoms with Crippen molar-refractivity contribution in [3.05, 3.63) is 139 Å². The lowest BCUT2D eigenvalue weighted by Crippen LogP contribution is -2.01. The molecular weight excluding hydrogens is 502 g/mol. The monoisotopic (exact) mass is 548 g/mol. The van der Waals surface area contributed by atoms with Crippen LogP contribution in [0.2, 0.25) is 0 Å². The van der Waals surface area contributed by atoms with Crippen LogP contribution in [0.15, 0.2) is 143 Å². The summed E-state index contributed by atoms with van der Waals surface area (Å²) in [6.45, 7) is 0. The first-order valence-electron chi connectivity index (χ1n) is 23.2. The predicted molar refractivity (Wildman–Crippen MR) is 166 cm³/mol. The Kier molecular flexibility index (Phi) is 2.28. The highest BCUT2D eigenvalue weighted by Crippen LogP contribution is 2.38. The van der Waals surface area contributed by atoms with Crippen LogP contribution in [0.1, 0.15) is 31.5 Å². The van der Waals surface area contributed by atoms with Gasteiger partial charge in [0.15, 0.2) is 17.5 Å². The minimum atomic E-state index is -0.966. The number of benzene rings is 6. The van der Waals surface area contributed by atoms with Crippen molar-refractivity contribution in [1.82, 2.24) is 15.0 Å². The Morgan fingerprint density at radius 1 is 0.390 bits per heavy atom. The molecule has 0 aliphatic carbocycles. The topological polar surface area (TPSA) is 51.8 Å². The van der Waals surface area contributed by atoms with Crippen LogP contribution in [0.25, 0.3) is 78.0 Å². The molecule has 4 heteroatoms. The minimum absolute atomic E-state index is 0.401. The van der Waals surface area contributed by atoms with Gasteiger partial charge in [0, 0.05) is 27.5 Å². The van der Waals surface area contributed by atoms with E-state index in [1.54, 1.807) is 0 Å². The third-order valence-electron chi connectivity index (χ3n) is 6.00. The first-order chi connectivity index (χ1) is 29.9. The molecule has 0 bridgehead atoms. The maximum atomic E-state index is 9.17. The lowest BCUT2D eigenvalue weighted by molar-refractivity contribution is 0.669.